The molecule has 1 aromatic heterocycles. The number of aromatic nitrogens is 1. The van der Waals surface area contributed by atoms with Crippen molar-refractivity contribution in [3.63, 3.8) is 0 Å². The van der Waals surface area contributed by atoms with Crippen LogP contribution in [0.25, 0.3) is 0 Å². The van der Waals surface area contributed by atoms with Crippen molar-refractivity contribution in [1.82, 2.24) is 10.3 Å². The van der Waals surface area contributed by atoms with Gasteiger partial charge in [-0.25, -0.2) is 4.98 Å². The Kier molecular flexibility index (Phi) is 4.36. The number of nitrogens with zero attached hydrogens (tertiary/aromatic N) is 1. The zero-order chi connectivity index (χ0) is 11.2. The number of ether oxygens (including phenoxy) is 1. The molecular weight excluding hydrogens is 204 g/mol. The van der Waals surface area contributed by atoms with E-state index < -0.39 is 0 Å². The lowest BCUT2D eigenvalue weighted by atomic mass is 9.98. The molecule has 2 rings (SSSR count). The van der Waals surface area contributed by atoms with E-state index in [1.54, 1.807) is 6.39 Å². The van der Waals surface area contributed by atoms with Crippen LogP contribution >= 0.6 is 0 Å². The van der Waals surface area contributed by atoms with Crippen LogP contribution in [-0.2, 0) is 11.3 Å². The quantitative estimate of drug-likeness (QED) is 0.778. The third-order valence-electron chi connectivity index (χ3n) is 2.92. The standard InChI is InChI=1S/C12H20N2O2/c1-2-5-13-7-11-12(16-9-14-11)10-4-3-6-15-8-10/h9-10,13H,2-8H2,1H3. The molecule has 1 aromatic rings. The SMILES string of the molecule is CCCNCc1ncoc1C1CCCOC1. The molecular formula is C12H20N2O2. The van der Waals surface area contributed by atoms with Gasteiger partial charge in [0.2, 0.25) is 0 Å². The second-order valence-electron chi connectivity index (χ2n) is 4.25. The molecule has 0 amide bonds. The Morgan fingerprint density at radius 2 is 2.50 bits per heavy atom. The second kappa shape index (κ2) is 6.01. The average Bonchev–Trinajstić information content (AvgIpc) is 2.79. The molecule has 4 nitrogen and oxygen atoms in total. The van der Waals surface area contributed by atoms with Gasteiger partial charge < -0.3 is 14.5 Å². The first kappa shape index (κ1) is 11.6. The third-order valence-corrected chi connectivity index (χ3v) is 2.92. The number of nitrogens with one attached hydrogen (secondary N) is 1. The van der Waals surface area contributed by atoms with E-state index in [2.05, 4.69) is 17.2 Å². The van der Waals surface area contributed by atoms with Gasteiger partial charge in [0.1, 0.15) is 5.76 Å². The van der Waals surface area contributed by atoms with Crippen molar-refractivity contribution in [2.24, 2.45) is 0 Å². The van der Waals surface area contributed by atoms with Gasteiger partial charge in [0, 0.05) is 19.1 Å². The summed E-state index contributed by atoms with van der Waals surface area (Å²) >= 11 is 0. The maximum Gasteiger partial charge on any atom is 0.181 e. The van der Waals surface area contributed by atoms with Crippen molar-refractivity contribution in [3.8, 4) is 0 Å². The zero-order valence-electron chi connectivity index (χ0n) is 9.87. The molecule has 1 fully saturated rings. The summed E-state index contributed by atoms with van der Waals surface area (Å²) in [5.74, 6) is 1.41. The molecule has 2 heterocycles. The highest BCUT2D eigenvalue weighted by molar-refractivity contribution is 5.13. The lowest BCUT2D eigenvalue weighted by Crippen LogP contribution is -2.19. The smallest absolute Gasteiger partial charge is 0.181 e. The Morgan fingerprint density at radius 3 is 3.25 bits per heavy atom. The van der Waals surface area contributed by atoms with Crippen LogP contribution in [0.1, 0.15) is 43.6 Å². The van der Waals surface area contributed by atoms with Crippen molar-refractivity contribution in [2.45, 2.75) is 38.6 Å². The molecule has 1 saturated heterocycles. The largest absolute Gasteiger partial charge is 0.448 e. The molecule has 0 saturated carbocycles. The second-order valence-corrected chi connectivity index (χ2v) is 4.25. The maximum atomic E-state index is 5.50. The minimum Gasteiger partial charge on any atom is -0.448 e. The van der Waals surface area contributed by atoms with Crippen molar-refractivity contribution < 1.29 is 9.15 Å². The monoisotopic (exact) mass is 224 g/mol. The molecule has 1 atom stereocenters. The van der Waals surface area contributed by atoms with Gasteiger partial charge in [-0.1, -0.05) is 6.92 Å². The van der Waals surface area contributed by atoms with Crippen molar-refractivity contribution in [3.05, 3.63) is 17.8 Å². The van der Waals surface area contributed by atoms with Crippen molar-refractivity contribution in [1.29, 1.82) is 0 Å². The molecule has 4 heteroatoms. The van der Waals surface area contributed by atoms with E-state index in [4.69, 9.17) is 9.15 Å². The first-order valence-electron chi connectivity index (χ1n) is 6.12. The van der Waals surface area contributed by atoms with E-state index in [9.17, 15) is 0 Å². The molecule has 0 bridgehead atoms. The van der Waals surface area contributed by atoms with Crippen LogP contribution in [0.5, 0.6) is 0 Å². The van der Waals surface area contributed by atoms with Crippen LogP contribution in [0.4, 0.5) is 0 Å². The lowest BCUT2D eigenvalue weighted by molar-refractivity contribution is 0.0738. The normalized spacial score (nSPS) is 21.2. The van der Waals surface area contributed by atoms with Gasteiger partial charge in [-0.2, -0.15) is 0 Å². The van der Waals surface area contributed by atoms with Crippen LogP contribution < -0.4 is 5.32 Å². The van der Waals surface area contributed by atoms with Crippen LogP contribution in [-0.4, -0.2) is 24.7 Å². The molecule has 16 heavy (non-hydrogen) atoms. The summed E-state index contributed by atoms with van der Waals surface area (Å²) in [6.07, 6.45) is 4.95. The predicted molar refractivity (Wildman–Crippen MR) is 61.3 cm³/mol. The van der Waals surface area contributed by atoms with Gasteiger partial charge in [0.15, 0.2) is 6.39 Å². The number of rotatable bonds is 5. The Hall–Kier alpha value is -0.870. The number of hydrogen-bond donors (Lipinski definition) is 1. The van der Waals surface area contributed by atoms with Crippen LogP contribution in [0.3, 0.4) is 0 Å². The van der Waals surface area contributed by atoms with E-state index in [0.717, 1.165) is 57.0 Å². The van der Waals surface area contributed by atoms with Gasteiger partial charge in [0.25, 0.3) is 0 Å². The van der Waals surface area contributed by atoms with E-state index in [1.807, 2.05) is 0 Å². The summed E-state index contributed by atoms with van der Waals surface area (Å²) in [5, 5.41) is 3.35. The topological polar surface area (TPSA) is 47.3 Å². The van der Waals surface area contributed by atoms with E-state index >= 15 is 0 Å². The van der Waals surface area contributed by atoms with E-state index in [1.165, 1.54) is 0 Å². The molecule has 1 N–H and O–H groups in total. The molecule has 0 spiro atoms. The summed E-state index contributed by atoms with van der Waals surface area (Å²) in [4.78, 5) is 4.28. The molecule has 0 aliphatic carbocycles. The molecule has 90 valence electrons. The summed E-state index contributed by atoms with van der Waals surface area (Å²) in [7, 11) is 0. The van der Waals surface area contributed by atoms with Crippen LogP contribution in [0.15, 0.2) is 10.8 Å². The Morgan fingerprint density at radius 1 is 1.56 bits per heavy atom. The molecule has 0 aromatic carbocycles. The fraction of sp³-hybridized carbons (Fsp3) is 0.750. The van der Waals surface area contributed by atoms with Gasteiger partial charge in [0.05, 0.1) is 12.3 Å². The van der Waals surface area contributed by atoms with Crippen LogP contribution in [0, 0.1) is 0 Å². The molecule has 1 unspecified atom stereocenters. The van der Waals surface area contributed by atoms with E-state index in [0.29, 0.717) is 5.92 Å². The molecule has 1 aliphatic rings. The third kappa shape index (κ3) is 2.83. The first-order chi connectivity index (χ1) is 7.92. The van der Waals surface area contributed by atoms with Crippen LogP contribution in [0.2, 0.25) is 0 Å². The average molecular weight is 224 g/mol. The Bertz CT molecular complexity index is 306. The Balaban J connectivity index is 1.94. The summed E-state index contributed by atoms with van der Waals surface area (Å²) < 4.78 is 11.0. The summed E-state index contributed by atoms with van der Waals surface area (Å²) in [5.41, 5.74) is 1.05. The van der Waals surface area contributed by atoms with E-state index in [-0.39, 0.29) is 0 Å². The van der Waals surface area contributed by atoms with Gasteiger partial charge in [-0.3, -0.25) is 0 Å². The minimum atomic E-state index is 0.398. The van der Waals surface area contributed by atoms with Crippen molar-refractivity contribution in [2.75, 3.05) is 19.8 Å². The highest BCUT2D eigenvalue weighted by Gasteiger charge is 2.22. The van der Waals surface area contributed by atoms with Crippen molar-refractivity contribution >= 4 is 0 Å². The van der Waals surface area contributed by atoms with Gasteiger partial charge in [-0.05, 0) is 25.8 Å². The Labute approximate surface area is 96.4 Å². The predicted octanol–water partition coefficient (Wildman–Crippen LogP) is 2.07. The highest BCUT2D eigenvalue weighted by Crippen LogP contribution is 2.27. The highest BCUT2D eigenvalue weighted by atomic mass is 16.5. The maximum absolute atomic E-state index is 5.50. The summed E-state index contributed by atoms with van der Waals surface area (Å²) in [6, 6.07) is 0. The van der Waals surface area contributed by atoms with Gasteiger partial charge >= 0.3 is 0 Å². The first-order valence-corrected chi connectivity index (χ1v) is 6.12. The fourth-order valence-electron chi connectivity index (χ4n) is 2.07. The zero-order valence-corrected chi connectivity index (χ0v) is 9.87. The number of oxazole rings is 1. The number of hydrogen-bond acceptors (Lipinski definition) is 4. The minimum absolute atomic E-state index is 0.398. The fourth-order valence-corrected chi connectivity index (χ4v) is 2.07. The lowest BCUT2D eigenvalue weighted by Gasteiger charge is -2.20. The molecule has 1 aliphatic heterocycles. The summed E-state index contributed by atoms with van der Waals surface area (Å²) in [6.45, 7) is 5.64. The van der Waals surface area contributed by atoms with Gasteiger partial charge in [-0.15, -0.1) is 0 Å². The molecule has 0 radical (unpaired) electrons.